The topological polar surface area (TPSA) is 87.1 Å². The first-order valence-electron chi connectivity index (χ1n) is 12.4. The van der Waals surface area contributed by atoms with E-state index in [9.17, 15) is 17.6 Å². The summed E-state index contributed by atoms with van der Waals surface area (Å²) in [5, 5.41) is 8.86. The van der Waals surface area contributed by atoms with E-state index in [0.717, 1.165) is 31.4 Å². The van der Waals surface area contributed by atoms with E-state index in [1.165, 1.54) is 22.1 Å². The number of benzene rings is 2. The van der Waals surface area contributed by atoms with Crippen LogP contribution in [0.3, 0.4) is 0 Å². The number of para-hydroxylation sites is 1. The van der Waals surface area contributed by atoms with E-state index >= 15 is 0 Å². The Morgan fingerprint density at radius 1 is 1.16 bits per heavy atom. The molecule has 0 radical (unpaired) electrons. The van der Waals surface area contributed by atoms with Crippen molar-refractivity contribution in [3.05, 3.63) is 54.6 Å². The Hall–Kier alpha value is -2.56. The maximum Gasteiger partial charge on any atom is 0.368 e. The number of hydrogen-bond acceptors (Lipinski definition) is 6. The molecule has 10 heteroatoms. The second kappa shape index (κ2) is 12.3. The number of fused-ring (bicyclic) bond motifs is 1. The van der Waals surface area contributed by atoms with Gasteiger partial charge in [0.15, 0.2) is 0 Å². The second-order valence-electron chi connectivity index (χ2n) is 9.19. The highest BCUT2D eigenvalue weighted by atomic mass is 32.2. The molecule has 1 aliphatic rings. The molecule has 0 bridgehead atoms. The minimum absolute atomic E-state index is 0.0330. The van der Waals surface area contributed by atoms with Gasteiger partial charge < -0.3 is 14.7 Å². The monoisotopic (exact) mass is 550 g/mol. The number of unbranched alkanes of at least 4 members (excludes halogenated alkanes) is 2. The molecule has 0 fully saturated rings. The number of halogens is 1. The van der Waals surface area contributed by atoms with Crippen LogP contribution in [0.15, 0.2) is 64.3 Å². The number of likely N-dealkylation sites (N-methyl/N-ethyl adjacent to an activating group) is 1. The summed E-state index contributed by atoms with van der Waals surface area (Å²) >= 11 is 1.30. The Morgan fingerprint density at radius 3 is 2.32 bits per heavy atom. The number of ether oxygens (including phenoxy) is 1. The summed E-state index contributed by atoms with van der Waals surface area (Å²) in [7, 11) is -2.35. The standard InChI is InChI=1S/C27H35FN2O5S2/c1-5-7-14-27(15-8-6-2)19-30(20-12-10-9-11-13-20)22-16-24(36-4)23(35-18-21(28)26(31)32)17-25(22)37(33,34)29(27)3/h9-13,16-18H,5-8,14-15,19H2,1-4H3,(H,31,32). The van der Waals surface area contributed by atoms with Gasteiger partial charge in [-0.2, -0.15) is 8.70 Å². The van der Waals surface area contributed by atoms with Gasteiger partial charge in [-0.05, 0) is 37.3 Å². The van der Waals surface area contributed by atoms with Gasteiger partial charge in [0, 0.05) is 25.3 Å². The molecule has 202 valence electrons. The van der Waals surface area contributed by atoms with Crippen molar-refractivity contribution in [1.82, 2.24) is 4.31 Å². The molecule has 2 aromatic carbocycles. The number of carboxylic acid groups (broad SMARTS) is 1. The third-order valence-corrected chi connectivity index (χ3v) is 9.60. The van der Waals surface area contributed by atoms with Gasteiger partial charge in [-0.1, -0.05) is 57.7 Å². The van der Waals surface area contributed by atoms with Crippen LogP contribution in [0.1, 0.15) is 52.4 Å². The van der Waals surface area contributed by atoms with Crippen LogP contribution in [0.25, 0.3) is 0 Å². The zero-order chi connectivity index (χ0) is 27.2. The summed E-state index contributed by atoms with van der Waals surface area (Å²) in [6.45, 7) is 4.67. The molecular formula is C27H35FN2O5S2. The summed E-state index contributed by atoms with van der Waals surface area (Å²) in [4.78, 5) is 13.5. The van der Waals surface area contributed by atoms with Gasteiger partial charge in [-0.15, -0.1) is 11.8 Å². The maximum absolute atomic E-state index is 14.2. The highest BCUT2D eigenvalue weighted by molar-refractivity contribution is 7.98. The van der Waals surface area contributed by atoms with Crippen LogP contribution >= 0.6 is 11.8 Å². The Balaban J connectivity index is 2.30. The molecule has 0 aliphatic carbocycles. The first kappa shape index (κ1) is 29.0. The van der Waals surface area contributed by atoms with Crippen molar-refractivity contribution in [2.75, 3.05) is 24.7 Å². The Kier molecular flexibility index (Phi) is 9.66. The van der Waals surface area contributed by atoms with Crippen molar-refractivity contribution in [3.8, 4) is 5.75 Å². The van der Waals surface area contributed by atoms with E-state index in [2.05, 4.69) is 18.7 Å². The van der Waals surface area contributed by atoms with Gasteiger partial charge in [0.2, 0.25) is 15.9 Å². The van der Waals surface area contributed by atoms with Crippen LogP contribution in [0.4, 0.5) is 15.8 Å². The first-order chi connectivity index (χ1) is 17.6. The normalized spacial score (nSPS) is 17.2. The molecule has 1 heterocycles. The molecule has 0 saturated carbocycles. The molecular weight excluding hydrogens is 515 g/mol. The molecule has 1 aliphatic heterocycles. The van der Waals surface area contributed by atoms with E-state index in [1.807, 2.05) is 30.3 Å². The number of carboxylic acids is 1. The predicted molar refractivity (Wildman–Crippen MR) is 146 cm³/mol. The van der Waals surface area contributed by atoms with Crippen LogP contribution in [-0.2, 0) is 14.8 Å². The molecule has 0 unspecified atom stereocenters. The third-order valence-electron chi connectivity index (χ3n) is 6.85. The number of aliphatic carboxylic acids is 1. The molecule has 2 aromatic rings. The number of rotatable bonds is 11. The maximum atomic E-state index is 14.2. The van der Waals surface area contributed by atoms with E-state index in [1.54, 1.807) is 19.4 Å². The number of hydrogen-bond donors (Lipinski definition) is 1. The average molecular weight is 551 g/mol. The fraction of sp³-hybridized carbons (Fsp3) is 0.444. The SMILES string of the molecule is CCCCC1(CCCC)CN(c2ccccc2)c2cc(SC)c(OC=C(F)C(=O)O)cc2S(=O)(=O)N1C. The summed E-state index contributed by atoms with van der Waals surface area (Å²) in [5.74, 6) is -3.17. The van der Waals surface area contributed by atoms with Crippen LogP contribution in [0.5, 0.6) is 5.75 Å². The van der Waals surface area contributed by atoms with Crippen molar-refractivity contribution in [1.29, 1.82) is 0 Å². The molecule has 1 N–H and O–H groups in total. The minimum atomic E-state index is -4.00. The van der Waals surface area contributed by atoms with Gasteiger partial charge in [-0.3, -0.25) is 0 Å². The lowest BCUT2D eigenvalue weighted by atomic mass is 9.86. The zero-order valence-corrected chi connectivity index (χ0v) is 23.4. The molecule has 0 atom stereocenters. The number of nitrogens with zero attached hydrogens (tertiary/aromatic N) is 2. The Bertz CT molecular complexity index is 1230. The van der Waals surface area contributed by atoms with Crippen molar-refractivity contribution in [3.63, 3.8) is 0 Å². The minimum Gasteiger partial charge on any atom is -0.476 e. The number of anilines is 2. The predicted octanol–water partition coefficient (Wildman–Crippen LogP) is 6.57. The van der Waals surface area contributed by atoms with Crippen molar-refractivity contribution in [2.24, 2.45) is 0 Å². The second-order valence-corrected chi connectivity index (χ2v) is 12.0. The Labute approximate surface area is 223 Å². The van der Waals surface area contributed by atoms with Crippen molar-refractivity contribution < 1.29 is 27.4 Å². The fourth-order valence-electron chi connectivity index (χ4n) is 4.69. The van der Waals surface area contributed by atoms with Gasteiger partial charge in [0.25, 0.3) is 0 Å². The van der Waals surface area contributed by atoms with Crippen molar-refractivity contribution >= 4 is 39.1 Å². The number of carbonyl (C=O) groups is 1. The quantitative estimate of drug-likeness (QED) is 0.192. The molecule has 0 saturated heterocycles. The lowest BCUT2D eigenvalue weighted by Gasteiger charge is -2.42. The molecule has 0 amide bonds. The smallest absolute Gasteiger partial charge is 0.368 e. The van der Waals surface area contributed by atoms with Crippen LogP contribution < -0.4 is 9.64 Å². The molecule has 37 heavy (non-hydrogen) atoms. The van der Waals surface area contributed by atoms with Gasteiger partial charge >= 0.3 is 5.97 Å². The van der Waals surface area contributed by atoms with Gasteiger partial charge in [-0.25, -0.2) is 13.2 Å². The van der Waals surface area contributed by atoms with E-state index in [-0.39, 0.29) is 10.6 Å². The summed E-state index contributed by atoms with van der Waals surface area (Å²) in [6, 6.07) is 12.8. The van der Waals surface area contributed by atoms with Crippen LogP contribution in [0.2, 0.25) is 0 Å². The summed E-state index contributed by atoms with van der Waals surface area (Å²) in [5.41, 5.74) is 0.728. The fourth-order valence-corrected chi connectivity index (χ4v) is 6.97. The largest absolute Gasteiger partial charge is 0.476 e. The molecule has 0 spiro atoms. The summed E-state index contributed by atoms with van der Waals surface area (Å²) < 4.78 is 49.0. The third kappa shape index (κ3) is 6.13. The van der Waals surface area contributed by atoms with Crippen LogP contribution in [-0.4, -0.2) is 49.2 Å². The average Bonchev–Trinajstić information content (AvgIpc) is 2.97. The molecule has 0 aromatic heterocycles. The van der Waals surface area contributed by atoms with E-state index < -0.39 is 27.4 Å². The zero-order valence-electron chi connectivity index (χ0n) is 21.7. The lowest BCUT2D eigenvalue weighted by molar-refractivity contribution is -0.134. The van der Waals surface area contributed by atoms with Crippen molar-refractivity contribution in [2.45, 2.75) is 67.7 Å². The van der Waals surface area contributed by atoms with E-state index in [0.29, 0.717) is 36.2 Å². The molecule has 7 nitrogen and oxygen atoms in total. The van der Waals surface area contributed by atoms with Gasteiger partial charge in [0.05, 0.1) is 16.1 Å². The first-order valence-corrected chi connectivity index (χ1v) is 15.1. The Morgan fingerprint density at radius 2 is 1.78 bits per heavy atom. The van der Waals surface area contributed by atoms with Crippen LogP contribution in [0, 0.1) is 0 Å². The number of thioether (sulfide) groups is 1. The van der Waals surface area contributed by atoms with Gasteiger partial charge in [0.1, 0.15) is 16.9 Å². The highest BCUT2D eigenvalue weighted by Crippen LogP contribution is 2.47. The molecule has 3 rings (SSSR count). The highest BCUT2D eigenvalue weighted by Gasteiger charge is 2.46. The van der Waals surface area contributed by atoms with E-state index in [4.69, 9.17) is 9.84 Å². The number of sulfonamides is 1. The summed E-state index contributed by atoms with van der Waals surface area (Å²) in [6.07, 6.45) is 7.34. The lowest BCUT2D eigenvalue weighted by Crippen LogP contribution is -2.53.